The molecular weight excluding hydrogens is 448 g/mol. The van der Waals surface area contributed by atoms with Gasteiger partial charge in [-0.05, 0) is 41.1 Å². The second kappa shape index (κ2) is 9.16. The Morgan fingerprint density at radius 2 is 1.45 bits per heavy atom. The van der Waals surface area contributed by atoms with Crippen LogP contribution in [0.4, 0.5) is 0 Å². The van der Waals surface area contributed by atoms with E-state index in [1.54, 1.807) is 6.20 Å². The minimum Gasteiger partial charge on any atom is -0.404 e. The number of hydrogen-bond acceptors (Lipinski definition) is 5. The van der Waals surface area contributed by atoms with Crippen molar-refractivity contribution < 1.29 is 4.43 Å². The molecule has 1 aliphatic heterocycles. The van der Waals surface area contributed by atoms with E-state index in [1.807, 2.05) is 0 Å². The van der Waals surface area contributed by atoms with E-state index in [-0.39, 0.29) is 17.1 Å². The zero-order valence-electron chi connectivity index (χ0n) is 19.7. The van der Waals surface area contributed by atoms with Gasteiger partial charge in [0, 0.05) is 18.2 Å². The van der Waals surface area contributed by atoms with Crippen LogP contribution in [0.1, 0.15) is 46.5 Å². The van der Waals surface area contributed by atoms with Gasteiger partial charge in [-0.2, -0.15) is 0 Å². The molecule has 0 bridgehead atoms. The van der Waals surface area contributed by atoms with Crippen LogP contribution in [0.2, 0.25) is 5.04 Å². The van der Waals surface area contributed by atoms with Gasteiger partial charge in [0.05, 0.1) is 5.70 Å². The number of halogens is 1. The summed E-state index contributed by atoms with van der Waals surface area (Å²) < 4.78 is 7.31. The van der Waals surface area contributed by atoms with Crippen molar-refractivity contribution in [3.8, 4) is 0 Å². The average Bonchev–Trinajstić information content (AvgIpc) is 2.81. The van der Waals surface area contributed by atoms with E-state index in [1.165, 1.54) is 10.4 Å². The number of alkyl halides is 1. The number of nitrogens with two attached hydrogens (primary N) is 2. The summed E-state index contributed by atoms with van der Waals surface area (Å²) >= 11 is 6.85. The molecule has 0 saturated heterocycles. The van der Waals surface area contributed by atoms with Crippen molar-refractivity contribution in [2.75, 3.05) is 0 Å². The highest BCUT2D eigenvalue weighted by Gasteiger charge is 2.52. The number of amidine groups is 1. The summed E-state index contributed by atoms with van der Waals surface area (Å²) in [7, 11) is -2.56. The molecule has 1 saturated carbocycles. The summed E-state index contributed by atoms with van der Waals surface area (Å²) in [6.07, 6.45) is 5.51. The molecule has 0 amide bonds. The molecule has 0 aromatic heterocycles. The molecular formula is C26H35ClN4OSi. The van der Waals surface area contributed by atoms with Crippen LogP contribution in [-0.4, -0.2) is 25.4 Å². The first-order valence-corrected chi connectivity index (χ1v) is 14.0. The predicted molar refractivity (Wildman–Crippen MR) is 140 cm³/mol. The summed E-state index contributed by atoms with van der Waals surface area (Å²) in [5.74, 6) is 0.454. The minimum atomic E-state index is -2.56. The number of hydrogen-bond donors (Lipinski definition) is 3. The number of aliphatic imine (C=N–C) groups is 1. The second-order valence-corrected chi connectivity index (χ2v) is 15.0. The van der Waals surface area contributed by atoms with Gasteiger partial charge >= 0.3 is 0 Å². The lowest BCUT2D eigenvalue weighted by molar-refractivity contribution is 0.105. The minimum absolute atomic E-state index is 0.0355. The van der Waals surface area contributed by atoms with Crippen molar-refractivity contribution in [3.63, 3.8) is 0 Å². The molecule has 1 atom stereocenters. The first-order valence-electron chi connectivity index (χ1n) is 11.7. The lowest BCUT2D eigenvalue weighted by Crippen LogP contribution is -2.68. The number of rotatable bonds is 5. The number of nitrogens with zero attached hydrogens (tertiary/aromatic N) is 1. The molecule has 1 heterocycles. The van der Waals surface area contributed by atoms with E-state index in [2.05, 4.69) is 91.7 Å². The third-order valence-electron chi connectivity index (χ3n) is 6.98. The smallest absolute Gasteiger partial charge is 0.261 e. The molecule has 1 fully saturated rings. The van der Waals surface area contributed by atoms with Gasteiger partial charge in [-0.3, -0.25) is 0 Å². The van der Waals surface area contributed by atoms with E-state index in [0.717, 1.165) is 25.7 Å². The second-order valence-electron chi connectivity index (χ2n) is 10.2. The summed E-state index contributed by atoms with van der Waals surface area (Å²) in [6.45, 7) is 6.95. The molecule has 2 aliphatic rings. The highest BCUT2D eigenvalue weighted by Crippen LogP contribution is 2.42. The van der Waals surface area contributed by atoms with Gasteiger partial charge in [-0.25, -0.2) is 4.99 Å². The van der Waals surface area contributed by atoms with Gasteiger partial charge in [-0.1, -0.05) is 93.0 Å². The molecule has 176 valence electrons. The van der Waals surface area contributed by atoms with Gasteiger partial charge in [0.1, 0.15) is 5.84 Å². The van der Waals surface area contributed by atoms with Crippen LogP contribution in [-0.2, 0) is 4.43 Å². The van der Waals surface area contributed by atoms with E-state index < -0.39 is 13.4 Å². The third-order valence-corrected chi connectivity index (χ3v) is 12.6. The lowest BCUT2D eigenvalue weighted by Gasteiger charge is -2.47. The fraction of sp³-hybridized carbons (Fsp3) is 0.423. The van der Waals surface area contributed by atoms with Crippen molar-refractivity contribution in [2.24, 2.45) is 22.4 Å². The van der Waals surface area contributed by atoms with Gasteiger partial charge in [-0.15, -0.1) is 0 Å². The Kier molecular flexibility index (Phi) is 6.63. The molecule has 0 spiro atoms. The Morgan fingerprint density at radius 1 is 0.939 bits per heavy atom. The molecule has 2 aromatic carbocycles. The highest BCUT2D eigenvalue weighted by atomic mass is 35.5. The maximum Gasteiger partial charge on any atom is 0.261 e. The Bertz CT molecular complexity index is 974. The SMILES string of the molecule is CC(C)(C)[Si](OC1CCC(C2(Cl)N=C(N)C(N)=CN2)CC1)(c1ccccc1)c1ccccc1. The Hall–Kier alpha value is -2.28. The van der Waals surface area contributed by atoms with Gasteiger partial charge in [0.25, 0.3) is 8.32 Å². The topological polar surface area (TPSA) is 85.7 Å². The number of benzene rings is 2. The largest absolute Gasteiger partial charge is 0.404 e. The molecule has 0 radical (unpaired) electrons. The van der Waals surface area contributed by atoms with Crippen molar-refractivity contribution in [2.45, 2.75) is 62.7 Å². The lowest BCUT2D eigenvalue weighted by atomic mass is 9.85. The maximum absolute atomic E-state index is 7.31. The highest BCUT2D eigenvalue weighted by molar-refractivity contribution is 6.99. The molecule has 7 heteroatoms. The fourth-order valence-corrected chi connectivity index (χ4v) is 10.4. The van der Waals surface area contributed by atoms with Gasteiger partial charge in [0.15, 0.2) is 0 Å². The number of nitrogens with one attached hydrogen (secondary N) is 1. The van der Waals surface area contributed by atoms with Crippen LogP contribution in [0.5, 0.6) is 0 Å². The van der Waals surface area contributed by atoms with E-state index in [4.69, 9.17) is 27.5 Å². The monoisotopic (exact) mass is 482 g/mol. The van der Waals surface area contributed by atoms with Gasteiger partial charge < -0.3 is 21.2 Å². The predicted octanol–water partition coefficient (Wildman–Crippen LogP) is 3.77. The Balaban J connectivity index is 1.60. The first kappa shape index (κ1) is 23.9. The third kappa shape index (κ3) is 4.57. The van der Waals surface area contributed by atoms with Crippen LogP contribution in [0.25, 0.3) is 0 Å². The van der Waals surface area contributed by atoms with E-state index >= 15 is 0 Å². The summed E-state index contributed by atoms with van der Waals surface area (Å²) in [6, 6.07) is 21.6. The van der Waals surface area contributed by atoms with Crippen LogP contribution < -0.4 is 27.2 Å². The fourth-order valence-electron chi connectivity index (χ4n) is 5.24. The summed E-state index contributed by atoms with van der Waals surface area (Å²) in [4.78, 5) is 4.48. The quantitative estimate of drug-likeness (QED) is 0.344. The average molecular weight is 483 g/mol. The van der Waals surface area contributed by atoms with E-state index in [0.29, 0.717) is 11.5 Å². The summed E-state index contributed by atoms with van der Waals surface area (Å²) in [5.41, 5.74) is 12.2. The van der Waals surface area contributed by atoms with Crippen LogP contribution in [0, 0.1) is 5.92 Å². The van der Waals surface area contributed by atoms with Crippen molar-refractivity contribution >= 4 is 36.1 Å². The van der Waals surface area contributed by atoms with Crippen molar-refractivity contribution in [3.05, 3.63) is 72.6 Å². The Labute approximate surface area is 203 Å². The molecule has 5 N–H and O–H groups in total. The van der Waals surface area contributed by atoms with Crippen LogP contribution in [0.15, 0.2) is 77.6 Å². The molecule has 33 heavy (non-hydrogen) atoms. The van der Waals surface area contributed by atoms with E-state index in [9.17, 15) is 0 Å². The normalized spacial score (nSPS) is 26.2. The first-order chi connectivity index (χ1) is 15.7. The Morgan fingerprint density at radius 3 is 1.91 bits per heavy atom. The molecule has 5 nitrogen and oxygen atoms in total. The van der Waals surface area contributed by atoms with Crippen molar-refractivity contribution in [1.82, 2.24) is 5.32 Å². The zero-order chi connectivity index (χ0) is 23.7. The molecule has 1 unspecified atom stereocenters. The molecule has 2 aromatic rings. The molecule has 1 aliphatic carbocycles. The summed E-state index contributed by atoms with van der Waals surface area (Å²) in [5, 5.41) is 4.82. The standard InChI is InChI=1S/C26H35ClN4OSi/c1-25(2,3)33(21-10-6-4-7-11-21,22-12-8-5-9-13-22)32-20-16-14-19(15-17-20)26(27)30-18-23(28)24(29)31-26/h4-13,18-20,30H,14-17,28H2,1-3H3,(H2,29,31). The van der Waals surface area contributed by atoms with Crippen molar-refractivity contribution in [1.29, 1.82) is 0 Å². The van der Waals surface area contributed by atoms with Crippen LogP contribution >= 0.6 is 11.6 Å². The molecule has 4 rings (SSSR count). The van der Waals surface area contributed by atoms with Crippen LogP contribution in [0.3, 0.4) is 0 Å². The zero-order valence-corrected chi connectivity index (χ0v) is 21.5. The van der Waals surface area contributed by atoms with Gasteiger partial charge in [0.2, 0.25) is 5.12 Å². The maximum atomic E-state index is 7.31.